The molecule has 0 aliphatic carbocycles. The molecule has 5 nitrogen and oxygen atoms in total. The van der Waals surface area contributed by atoms with Crippen LogP contribution < -0.4 is 16.0 Å². The molecule has 0 radical (unpaired) electrons. The van der Waals surface area contributed by atoms with E-state index in [0.717, 1.165) is 55.4 Å². The second-order valence-corrected chi connectivity index (χ2v) is 6.88. The summed E-state index contributed by atoms with van der Waals surface area (Å²) in [7, 11) is 1.64. The molecule has 2 aromatic carbocycles. The Hall–Kier alpha value is -2.53. The number of benzene rings is 2. The smallest absolute Gasteiger partial charge is 0.251 e. The minimum atomic E-state index is -0.0644. The van der Waals surface area contributed by atoms with Gasteiger partial charge in [-0.05, 0) is 61.6 Å². The van der Waals surface area contributed by atoms with Crippen LogP contribution >= 0.6 is 11.6 Å². The molecule has 0 saturated heterocycles. The third-order valence-corrected chi connectivity index (χ3v) is 4.53. The quantitative estimate of drug-likeness (QED) is 0.343. The fourth-order valence-corrected chi connectivity index (χ4v) is 2.93. The summed E-state index contributed by atoms with van der Waals surface area (Å²) in [5, 5.41) is 10.0. The Morgan fingerprint density at radius 2 is 1.82 bits per heavy atom. The molecular weight excluding hydrogens is 372 g/mol. The number of carbonyl (C=O) groups is 1. The number of rotatable bonds is 9. The number of carbonyl (C=O) groups excluding carboxylic acids is 1. The molecule has 0 spiro atoms. The zero-order valence-electron chi connectivity index (χ0n) is 16.6. The lowest BCUT2D eigenvalue weighted by molar-refractivity contribution is 0.0963. The first-order chi connectivity index (χ1) is 13.6. The van der Waals surface area contributed by atoms with Crippen molar-refractivity contribution in [3.63, 3.8) is 0 Å². The highest BCUT2D eigenvalue weighted by Gasteiger charge is 2.04. The topological polar surface area (TPSA) is 65.5 Å². The molecule has 0 saturated carbocycles. The summed E-state index contributed by atoms with van der Waals surface area (Å²) in [6.45, 7) is 4.37. The van der Waals surface area contributed by atoms with Crippen molar-refractivity contribution in [2.75, 3.05) is 26.7 Å². The van der Waals surface area contributed by atoms with Crippen LogP contribution in [0.4, 0.5) is 0 Å². The average molecular weight is 401 g/mol. The van der Waals surface area contributed by atoms with E-state index in [0.29, 0.717) is 5.56 Å². The Labute approximate surface area is 172 Å². The van der Waals surface area contributed by atoms with Crippen LogP contribution in [0.15, 0.2) is 53.5 Å². The Morgan fingerprint density at radius 1 is 1.04 bits per heavy atom. The van der Waals surface area contributed by atoms with Crippen molar-refractivity contribution in [2.45, 2.75) is 26.2 Å². The minimum absolute atomic E-state index is 0.0644. The SMILES string of the molecule is CCNC(=NCCCc1ccc(Cl)cc1)NCCc1cccc(C(=O)NC)c1. The van der Waals surface area contributed by atoms with Crippen LogP contribution in [0.2, 0.25) is 5.02 Å². The molecule has 0 unspecified atom stereocenters. The average Bonchev–Trinajstić information content (AvgIpc) is 2.72. The second-order valence-electron chi connectivity index (χ2n) is 6.45. The molecule has 0 heterocycles. The number of nitrogens with one attached hydrogen (secondary N) is 3. The van der Waals surface area contributed by atoms with Gasteiger partial charge in [-0.2, -0.15) is 0 Å². The van der Waals surface area contributed by atoms with E-state index in [1.165, 1.54) is 5.56 Å². The van der Waals surface area contributed by atoms with E-state index < -0.39 is 0 Å². The molecule has 6 heteroatoms. The van der Waals surface area contributed by atoms with Gasteiger partial charge < -0.3 is 16.0 Å². The van der Waals surface area contributed by atoms with Crippen LogP contribution in [-0.2, 0) is 12.8 Å². The third kappa shape index (κ3) is 7.61. The van der Waals surface area contributed by atoms with E-state index in [4.69, 9.17) is 11.6 Å². The molecule has 150 valence electrons. The normalized spacial score (nSPS) is 11.2. The van der Waals surface area contributed by atoms with Gasteiger partial charge in [0.2, 0.25) is 0 Å². The second kappa shape index (κ2) is 12.0. The van der Waals surface area contributed by atoms with E-state index in [1.807, 2.05) is 36.4 Å². The van der Waals surface area contributed by atoms with Crippen molar-refractivity contribution in [2.24, 2.45) is 4.99 Å². The molecule has 2 aromatic rings. The van der Waals surface area contributed by atoms with Crippen molar-refractivity contribution >= 4 is 23.5 Å². The van der Waals surface area contributed by atoms with E-state index in [9.17, 15) is 4.79 Å². The summed E-state index contributed by atoms with van der Waals surface area (Å²) in [4.78, 5) is 16.4. The van der Waals surface area contributed by atoms with Crippen molar-refractivity contribution in [3.05, 3.63) is 70.2 Å². The molecule has 0 aliphatic rings. The predicted molar refractivity (Wildman–Crippen MR) is 117 cm³/mol. The number of hydrogen-bond acceptors (Lipinski definition) is 2. The maximum Gasteiger partial charge on any atom is 0.251 e. The number of nitrogens with zero attached hydrogens (tertiary/aromatic N) is 1. The number of aliphatic imine (C=N–C) groups is 1. The summed E-state index contributed by atoms with van der Waals surface area (Å²) in [6, 6.07) is 15.7. The van der Waals surface area contributed by atoms with Gasteiger partial charge in [0.1, 0.15) is 0 Å². The van der Waals surface area contributed by atoms with Crippen LogP contribution in [0, 0.1) is 0 Å². The summed E-state index contributed by atoms with van der Waals surface area (Å²) >= 11 is 5.92. The van der Waals surface area contributed by atoms with E-state index in [2.05, 4.69) is 40.0 Å². The Bertz CT molecular complexity index is 774. The monoisotopic (exact) mass is 400 g/mol. The van der Waals surface area contributed by atoms with Crippen molar-refractivity contribution in [1.82, 2.24) is 16.0 Å². The van der Waals surface area contributed by atoms with E-state index >= 15 is 0 Å². The molecule has 0 aliphatic heterocycles. The number of aryl methyl sites for hydroxylation is 1. The summed E-state index contributed by atoms with van der Waals surface area (Å²) < 4.78 is 0. The van der Waals surface area contributed by atoms with Gasteiger partial charge in [-0.3, -0.25) is 9.79 Å². The zero-order valence-corrected chi connectivity index (χ0v) is 17.4. The van der Waals surface area contributed by atoms with Gasteiger partial charge in [-0.15, -0.1) is 0 Å². The molecular formula is C22H29ClN4O. The standard InChI is InChI=1S/C22H29ClN4O/c1-3-25-22(26-14-5-7-17-9-11-20(23)12-10-17)27-15-13-18-6-4-8-19(16-18)21(28)24-2/h4,6,8-12,16H,3,5,7,13-15H2,1-2H3,(H,24,28)(H2,25,26,27). The lowest BCUT2D eigenvalue weighted by Gasteiger charge is -2.12. The number of guanidine groups is 1. The van der Waals surface area contributed by atoms with Gasteiger partial charge in [0, 0.05) is 37.3 Å². The molecule has 0 fully saturated rings. The highest BCUT2D eigenvalue weighted by Crippen LogP contribution is 2.11. The van der Waals surface area contributed by atoms with Crippen molar-refractivity contribution < 1.29 is 4.79 Å². The summed E-state index contributed by atoms with van der Waals surface area (Å²) in [5.41, 5.74) is 3.07. The van der Waals surface area contributed by atoms with Gasteiger partial charge in [0.05, 0.1) is 0 Å². The van der Waals surface area contributed by atoms with Gasteiger partial charge in [0.25, 0.3) is 5.91 Å². The van der Waals surface area contributed by atoms with E-state index in [1.54, 1.807) is 7.05 Å². The zero-order chi connectivity index (χ0) is 20.2. The number of hydrogen-bond donors (Lipinski definition) is 3. The first kappa shape index (κ1) is 21.8. The van der Waals surface area contributed by atoms with Gasteiger partial charge in [-0.25, -0.2) is 0 Å². The first-order valence-corrected chi connectivity index (χ1v) is 10.1. The molecule has 0 atom stereocenters. The fourth-order valence-electron chi connectivity index (χ4n) is 2.80. The molecule has 0 bridgehead atoms. The largest absolute Gasteiger partial charge is 0.357 e. The maximum absolute atomic E-state index is 11.7. The Balaban J connectivity index is 1.79. The lowest BCUT2D eigenvalue weighted by Crippen LogP contribution is -2.38. The van der Waals surface area contributed by atoms with Crippen molar-refractivity contribution in [3.8, 4) is 0 Å². The van der Waals surface area contributed by atoms with Crippen LogP contribution in [0.25, 0.3) is 0 Å². The number of amides is 1. The first-order valence-electron chi connectivity index (χ1n) is 9.70. The predicted octanol–water partition coefficient (Wildman–Crippen LogP) is 3.43. The summed E-state index contributed by atoms with van der Waals surface area (Å²) in [6.07, 6.45) is 2.78. The molecule has 28 heavy (non-hydrogen) atoms. The minimum Gasteiger partial charge on any atom is -0.357 e. The molecule has 0 aromatic heterocycles. The fraction of sp³-hybridized carbons (Fsp3) is 0.364. The highest BCUT2D eigenvalue weighted by atomic mass is 35.5. The van der Waals surface area contributed by atoms with Crippen LogP contribution in [-0.4, -0.2) is 38.5 Å². The molecule has 1 amide bonds. The van der Waals surface area contributed by atoms with Crippen LogP contribution in [0.1, 0.15) is 34.8 Å². The Kier molecular flexibility index (Phi) is 9.35. The maximum atomic E-state index is 11.7. The highest BCUT2D eigenvalue weighted by molar-refractivity contribution is 6.30. The van der Waals surface area contributed by atoms with Gasteiger partial charge >= 0.3 is 0 Å². The van der Waals surface area contributed by atoms with Gasteiger partial charge in [-0.1, -0.05) is 35.9 Å². The third-order valence-electron chi connectivity index (χ3n) is 4.27. The number of halogens is 1. The molecule has 2 rings (SSSR count). The van der Waals surface area contributed by atoms with E-state index in [-0.39, 0.29) is 5.91 Å². The van der Waals surface area contributed by atoms with Crippen LogP contribution in [0.3, 0.4) is 0 Å². The summed E-state index contributed by atoms with van der Waals surface area (Å²) in [5.74, 6) is 0.756. The Morgan fingerprint density at radius 3 is 2.54 bits per heavy atom. The van der Waals surface area contributed by atoms with Gasteiger partial charge in [0.15, 0.2) is 5.96 Å². The molecule has 3 N–H and O–H groups in total. The van der Waals surface area contributed by atoms with Crippen LogP contribution in [0.5, 0.6) is 0 Å². The van der Waals surface area contributed by atoms with Crippen molar-refractivity contribution in [1.29, 1.82) is 0 Å². The lowest BCUT2D eigenvalue weighted by atomic mass is 10.1.